The van der Waals surface area contributed by atoms with E-state index in [0.717, 1.165) is 34.6 Å². The standard InChI is InChI=1S/C16H17NO2S/c1-11-4-7-14(20)9-15(11)16(18)17(12-5-6-12)10-13-3-2-8-19-13/h2-4,7-9,12,20H,5-6,10H2,1H3. The van der Waals surface area contributed by atoms with Crippen LogP contribution in [0.1, 0.15) is 34.5 Å². The van der Waals surface area contributed by atoms with Crippen LogP contribution in [0.25, 0.3) is 0 Å². The van der Waals surface area contributed by atoms with E-state index in [0.29, 0.717) is 12.6 Å². The highest BCUT2D eigenvalue weighted by Crippen LogP contribution is 2.30. The Bertz CT molecular complexity index is 617. The SMILES string of the molecule is Cc1ccc(S)cc1C(=O)N(Cc1ccco1)C1CC1. The smallest absolute Gasteiger partial charge is 0.254 e. The van der Waals surface area contributed by atoms with Crippen molar-refractivity contribution in [2.24, 2.45) is 0 Å². The Morgan fingerprint density at radius 1 is 1.40 bits per heavy atom. The molecule has 20 heavy (non-hydrogen) atoms. The van der Waals surface area contributed by atoms with Gasteiger partial charge in [-0.3, -0.25) is 4.79 Å². The monoisotopic (exact) mass is 287 g/mol. The van der Waals surface area contributed by atoms with Crippen LogP contribution in [0.3, 0.4) is 0 Å². The molecule has 1 aliphatic carbocycles. The lowest BCUT2D eigenvalue weighted by Gasteiger charge is -2.22. The van der Waals surface area contributed by atoms with Gasteiger partial charge in [-0.25, -0.2) is 0 Å². The molecule has 0 unspecified atom stereocenters. The average Bonchev–Trinajstić information content (AvgIpc) is 3.15. The van der Waals surface area contributed by atoms with Crippen LogP contribution < -0.4 is 0 Å². The molecule has 0 radical (unpaired) electrons. The second-order valence-corrected chi connectivity index (χ2v) is 5.76. The van der Waals surface area contributed by atoms with Crippen LogP contribution in [0.4, 0.5) is 0 Å². The van der Waals surface area contributed by atoms with E-state index in [1.54, 1.807) is 6.26 Å². The molecule has 0 spiro atoms. The molecule has 0 atom stereocenters. The molecular formula is C16H17NO2S. The van der Waals surface area contributed by atoms with Crippen molar-refractivity contribution >= 4 is 18.5 Å². The molecule has 1 aromatic heterocycles. The molecule has 1 heterocycles. The highest BCUT2D eigenvalue weighted by atomic mass is 32.1. The van der Waals surface area contributed by atoms with Gasteiger partial charge in [-0.15, -0.1) is 12.6 Å². The van der Waals surface area contributed by atoms with Crippen LogP contribution in [-0.2, 0) is 6.54 Å². The largest absolute Gasteiger partial charge is 0.467 e. The van der Waals surface area contributed by atoms with E-state index in [9.17, 15) is 4.79 Å². The van der Waals surface area contributed by atoms with Gasteiger partial charge in [0.25, 0.3) is 5.91 Å². The first-order valence-electron chi connectivity index (χ1n) is 6.78. The molecule has 1 fully saturated rings. The number of benzene rings is 1. The third kappa shape index (κ3) is 2.75. The van der Waals surface area contributed by atoms with Gasteiger partial charge in [0.2, 0.25) is 0 Å². The highest BCUT2D eigenvalue weighted by molar-refractivity contribution is 7.80. The van der Waals surface area contributed by atoms with Crippen LogP contribution >= 0.6 is 12.6 Å². The van der Waals surface area contributed by atoms with E-state index >= 15 is 0 Å². The average molecular weight is 287 g/mol. The fourth-order valence-corrected chi connectivity index (χ4v) is 2.52. The molecule has 1 saturated carbocycles. The van der Waals surface area contributed by atoms with Gasteiger partial charge in [0.15, 0.2) is 0 Å². The molecule has 4 heteroatoms. The van der Waals surface area contributed by atoms with Gasteiger partial charge in [0, 0.05) is 16.5 Å². The minimum atomic E-state index is 0.0669. The topological polar surface area (TPSA) is 33.5 Å². The number of hydrogen-bond acceptors (Lipinski definition) is 3. The van der Waals surface area contributed by atoms with Gasteiger partial charge in [-0.05, 0) is 49.6 Å². The van der Waals surface area contributed by atoms with Gasteiger partial charge in [-0.1, -0.05) is 6.07 Å². The molecule has 1 amide bonds. The first kappa shape index (κ1) is 13.3. The van der Waals surface area contributed by atoms with Gasteiger partial charge >= 0.3 is 0 Å². The summed E-state index contributed by atoms with van der Waals surface area (Å²) in [6.45, 7) is 2.49. The summed E-state index contributed by atoms with van der Waals surface area (Å²) in [7, 11) is 0. The van der Waals surface area contributed by atoms with Crippen LogP contribution in [0.2, 0.25) is 0 Å². The number of furan rings is 1. The Kier molecular flexibility index (Phi) is 3.57. The third-order valence-electron chi connectivity index (χ3n) is 3.61. The number of hydrogen-bond donors (Lipinski definition) is 1. The minimum absolute atomic E-state index is 0.0669. The van der Waals surface area contributed by atoms with Crippen molar-refractivity contribution in [1.82, 2.24) is 4.90 Å². The summed E-state index contributed by atoms with van der Waals surface area (Å²) >= 11 is 4.33. The zero-order valence-electron chi connectivity index (χ0n) is 11.4. The Balaban J connectivity index is 1.87. The number of carbonyl (C=O) groups excluding carboxylic acids is 1. The summed E-state index contributed by atoms with van der Waals surface area (Å²) in [4.78, 5) is 15.5. The number of carbonyl (C=O) groups is 1. The number of nitrogens with zero attached hydrogens (tertiary/aromatic N) is 1. The first-order valence-corrected chi connectivity index (χ1v) is 7.23. The van der Waals surface area contributed by atoms with E-state index in [-0.39, 0.29) is 5.91 Å². The molecule has 0 N–H and O–H groups in total. The lowest BCUT2D eigenvalue weighted by Crippen LogP contribution is -2.33. The molecule has 1 aromatic carbocycles. The van der Waals surface area contributed by atoms with Crippen molar-refractivity contribution in [3.8, 4) is 0 Å². The maximum absolute atomic E-state index is 12.8. The fourth-order valence-electron chi connectivity index (χ4n) is 2.32. The second kappa shape index (κ2) is 5.37. The van der Waals surface area contributed by atoms with Gasteiger partial charge in [0.1, 0.15) is 5.76 Å². The van der Waals surface area contributed by atoms with Crippen LogP contribution in [0.15, 0.2) is 45.9 Å². The van der Waals surface area contributed by atoms with Crippen molar-refractivity contribution in [3.05, 3.63) is 53.5 Å². The van der Waals surface area contributed by atoms with E-state index in [2.05, 4.69) is 12.6 Å². The first-order chi connectivity index (χ1) is 9.65. The Morgan fingerprint density at radius 2 is 2.20 bits per heavy atom. The maximum atomic E-state index is 12.8. The molecule has 1 aliphatic rings. The van der Waals surface area contributed by atoms with E-state index < -0.39 is 0 Å². The van der Waals surface area contributed by atoms with E-state index in [4.69, 9.17) is 4.42 Å². The summed E-state index contributed by atoms with van der Waals surface area (Å²) in [5, 5.41) is 0. The lowest BCUT2D eigenvalue weighted by atomic mass is 10.1. The molecule has 3 nitrogen and oxygen atoms in total. The molecule has 0 aliphatic heterocycles. The van der Waals surface area contributed by atoms with Crippen molar-refractivity contribution < 1.29 is 9.21 Å². The van der Waals surface area contributed by atoms with Gasteiger partial charge < -0.3 is 9.32 Å². The maximum Gasteiger partial charge on any atom is 0.254 e. The quantitative estimate of drug-likeness (QED) is 0.870. The Hall–Kier alpha value is -1.68. The zero-order chi connectivity index (χ0) is 14.1. The van der Waals surface area contributed by atoms with Crippen molar-refractivity contribution in [3.63, 3.8) is 0 Å². The number of rotatable bonds is 4. The summed E-state index contributed by atoms with van der Waals surface area (Å²) in [6, 6.07) is 9.79. The minimum Gasteiger partial charge on any atom is -0.467 e. The predicted octanol–water partition coefficient (Wildman–Crippen LogP) is 3.68. The summed E-state index contributed by atoms with van der Waals surface area (Å²) < 4.78 is 5.37. The van der Waals surface area contributed by atoms with Crippen LogP contribution in [0.5, 0.6) is 0 Å². The molecule has 3 rings (SSSR count). The fraction of sp³-hybridized carbons (Fsp3) is 0.312. The molecule has 0 saturated heterocycles. The van der Waals surface area contributed by atoms with Crippen molar-refractivity contribution in [1.29, 1.82) is 0 Å². The van der Waals surface area contributed by atoms with Crippen LogP contribution in [-0.4, -0.2) is 16.8 Å². The predicted molar refractivity (Wildman–Crippen MR) is 80.0 cm³/mol. The Labute approximate surface area is 124 Å². The molecule has 104 valence electrons. The second-order valence-electron chi connectivity index (χ2n) is 5.24. The van der Waals surface area contributed by atoms with Gasteiger partial charge in [0.05, 0.1) is 12.8 Å². The zero-order valence-corrected chi connectivity index (χ0v) is 12.3. The summed E-state index contributed by atoms with van der Waals surface area (Å²) in [5.41, 5.74) is 1.72. The van der Waals surface area contributed by atoms with Crippen molar-refractivity contribution in [2.75, 3.05) is 0 Å². The van der Waals surface area contributed by atoms with E-state index in [1.165, 1.54) is 0 Å². The summed E-state index contributed by atoms with van der Waals surface area (Å²) in [5.74, 6) is 0.891. The molecular weight excluding hydrogens is 270 g/mol. The third-order valence-corrected chi connectivity index (χ3v) is 3.88. The number of aryl methyl sites for hydroxylation is 1. The van der Waals surface area contributed by atoms with Gasteiger partial charge in [-0.2, -0.15) is 0 Å². The van der Waals surface area contributed by atoms with E-state index in [1.807, 2.05) is 42.2 Å². The molecule has 2 aromatic rings. The highest BCUT2D eigenvalue weighted by Gasteiger charge is 2.34. The van der Waals surface area contributed by atoms with Crippen molar-refractivity contribution in [2.45, 2.75) is 37.2 Å². The Morgan fingerprint density at radius 3 is 2.85 bits per heavy atom. The number of amides is 1. The normalized spacial score (nSPS) is 14.3. The number of thiol groups is 1. The van der Waals surface area contributed by atoms with Crippen LogP contribution in [0, 0.1) is 6.92 Å². The summed E-state index contributed by atoms with van der Waals surface area (Å²) in [6.07, 6.45) is 3.79. The molecule has 0 bridgehead atoms. The lowest BCUT2D eigenvalue weighted by molar-refractivity contribution is 0.0716.